The number of nitrogens with zero attached hydrogens (tertiary/aromatic N) is 3. The summed E-state index contributed by atoms with van der Waals surface area (Å²) < 4.78 is 0. The van der Waals surface area contributed by atoms with Gasteiger partial charge in [-0.2, -0.15) is 0 Å². The highest BCUT2D eigenvalue weighted by molar-refractivity contribution is 7.13. The van der Waals surface area contributed by atoms with Crippen LogP contribution in [0.1, 0.15) is 12.8 Å². The van der Waals surface area contributed by atoms with Gasteiger partial charge < -0.3 is 10.2 Å². The van der Waals surface area contributed by atoms with Gasteiger partial charge in [-0.25, -0.2) is 0 Å². The SMILES string of the molecule is O=C(Nc1ccc(Cl)cc1Cl)C1CCN(c2ccc(-c3cccs3)nn2)CC1. The van der Waals surface area contributed by atoms with Crippen molar-refractivity contribution in [3.8, 4) is 10.6 Å². The van der Waals surface area contributed by atoms with Crippen LogP contribution in [0.2, 0.25) is 10.0 Å². The first-order valence-corrected chi connectivity index (χ1v) is 10.6. The topological polar surface area (TPSA) is 58.1 Å². The van der Waals surface area contributed by atoms with Crippen molar-refractivity contribution in [2.75, 3.05) is 23.3 Å². The maximum Gasteiger partial charge on any atom is 0.227 e. The molecule has 4 rings (SSSR count). The normalized spacial score (nSPS) is 14.9. The van der Waals surface area contributed by atoms with E-state index in [-0.39, 0.29) is 11.8 Å². The summed E-state index contributed by atoms with van der Waals surface area (Å²) in [6.07, 6.45) is 1.51. The maximum absolute atomic E-state index is 12.6. The summed E-state index contributed by atoms with van der Waals surface area (Å²) in [6.45, 7) is 1.53. The average Bonchev–Trinajstić information content (AvgIpc) is 3.25. The van der Waals surface area contributed by atoms with E-state index in [2.05, 4.69) is 20.4 Å². The van der Waals surface area contributed by atoms with Gasteiger partial charge in [-0.15, -0.1) is 21.5 Å². The molecular formula is C20H18Cl2N4OS. The Hall–Kier alpha value is -2.15. The van der Waals surface area contributed by atoms with Crippen molar-refractivity contribution in [1.82, 2.24) is 10.2 Å². The molecule has 0 atom stereocenters. The van der Waals surface area contributed by atoms with Crippen LogP contribution in [0.4, 0.5) is 11.5 Å². The minimum atomic E-state index is -0.0543. The Morgan fingerprint density at radius 3 is 2.57 bits per heavy atom. The first-order valence-electron chi connectivity index (χ1n) is 8.98. The Morgan fingerprint density at radius 1 is 1.11 bits per heavy atom. The van der Waals surface area contributed by atoms with Crippen molar-refractivity contribution >= 4 is 52.0 Å². The first-order chi connectivity index (χ1) is 13.6. The van der Waals surface area contributed by atoms with Crippen molar-refractivity contribution in [3.63, 3.8) is 0 Å². The fraction of sp³-hybridized carbons (Fsp3) is 0.250. The number of anilines is 2. The van der Waals surface area contributed by atoms with E-state index in [0.717, 1.165) is 42.3 Å². The highest BCUT2D eigenvalue weighted by Gasteiger charge is 2.26. The van der Waals surface area contributed by atoms with Crippen molar-refractivity contribution in [3.05, 3.63) is 57.9 Å². The molecular weight excluding hydrogens is 415 g/mol. The summed E-state index contributed by atoms with van der Waals surface area (Å²) in [7, 11) is 0. The lowest BCUT2D eigenvalue weighted by atomic mass is 9.96. The lowest BCUT2D eigenvalue weighted by molar-refractivity contribution is -0.120. The molecule has 0 aliphatic carbocycles. The highest BCUT2D eigenvalue weighted by atomic mass is 35.5. The van der Waals surface area contributed by atoms with Crippen LogP contribution in [-0.2, 0) is 4.79 Å². The molecule has 1 amide bonds. The van der Waals surface area contributed by atoms with E-state index in [1.165, 1.54) is 0 Å². The average molecular weight is 433 g/mol. The third kappa shape index (κ3) is 4.29. The highest BCUT2D eigenvalue weighted by Crippen LogP contribution is 2.28. The Morgan fingerprint density at radius 2 is 1.93 bits per heavy atom. The van der Waals surface area contributed by atoms with E-state index in [0.29, 0.717) is 15.7 Å². The number of thiophene rings is 1. The second kappa shape index (κ2) is 8.47. The van der Waals surface area contributed by atoms with Crippen molar-refractivity contribution in [1.29, 1.82) is 0 Å². The monoisotopic (exact) mass is 432 g/mol. The number of rotatable bonds is 4. The lowest BCUT2D eigenvalue weighted by Crippen LogP contribution is -2.38. The Balaban J connectivity index is 1.34. The number of halogens is 2. The van der Waals surface area contributed by atoms with Gasteiger partial charge in [0.15, 0.2) is 5.82 Å². The molecule has 28 heavy (non-hydrogen) atoms. The fourth-order valence-electron chi connectivity index (χ4n) is 3.25. The van der Waals surface area contributed by atoms with E-state index in [4.69, 9.17) is 23.2 Å². The van der Waals surface area contributed by atoms with Gasteiger partial charge in [0.05, 0.1) is 15.6 Å². The standard InChI is InChI=1S/C20H18Cl2N4OS/c21-14-3-4-16(15(22)12-14)23-20(27)13-7-9-26(10-8-13)19-6-5-17(24-25-19)18-2-1-11-28-18/h1-6,11-13H,7-10H2,(H,23,27). The quantitative estimate of drug-likeness (QED) is 0.601. The van der Waals surface area contributed by atoms with E-state index in [1.807, 2.05) is 29.6 Å². The third-order valence-electron chi connectivity index (χ3n) is 4.80. The van der Waals surface area contributed by atoms with Crippen LogP contribution in [0.3, 0.4) is 0 Å². The van der Waals surface area contributed by atoms with Crippen molar-refractivity contribution in [2.24, 2.45) is 5.92 Å². The number of piperidine rings is 1. The summed E-state index contributed by atoms with van der Waals surface area (Å²) in [5.41, 5.74) is 1.47. The molecule has 1 aliphatic rings. The molecule has 2 aromatic heterocycles. The van der Waals surface area contributed by atoms with Crippen LogP contribution in [0.15, 0.2) is 47.8 Å². The predicted molar refractivity (Wildman–Crippen MR) is 115 cm³/mol. The summed E-state index contributed by atoms with van der Waals surface area (Å²) in [6, 6.07) is 13.1. The van der Waals surface area contributed by atoms with Crippen LogP contribution in [0, 0.1) is 5.92 Å². The number of carbonyl (C=O) groups is 1. The summed E-state index contributed by atoms with van der Waals surface area (Å²) in [4.78, 5) is 15.9. The molecule has 8 heteroatoms. The molecule has 1 aliphatic heterocycles. The minimum Gasteiger partial charge on any atom is -0.355 e. The Kier molecular flexibility index (Phi) is 5.80. The predicted octanol–water partition coefficient (Wildman–Crippen LogP) is 5.37. The molecule has 144 valence electrons. The zero-order valence-corrected chi connectivity index (χ0v) is 17.3. The van der Waals surface area contributed by atoms with E-state index >= 15 is 0 Å². The van der Waals surface area contributed by atoms with E-state index in [1.54, 1.807) is 29.5 Å². The van der Waals surface area contributed by atoms with Gasteiger partial charge in [0, 0.05) is 24.0 Å². The molecule has 1 aromatic carbocycles. The molecule has 1 N–H and O–H groups in total. The zero-order chi connectivity index (χ0) is 19.5. The summed E-state index contributed by atoms with van der Waals surface area (Å²) in [5.74, 6) is 0.782. The molecule has 5 nitrogen and oxygen atoms in total. The van der Waals surface area contributed by atoms with Crippen molar-refractivity contribution in [2.45, 2.75) is 12.8 Å². The second-order valence-electron chi connectivity index (χ2n) is 6.63. The van der Waals surface area contributed by atoms with Crippen LogP contribution in [-0.4, -0.2) is 29.2 Å². The first kappa shape index (κ1) is 19.2. The van der Waals surface area contributed by atoms with Crippen LogP contribution < -0.4 is 10.2 Å². The fourth-order valence-corrected chi connectivity index (χ4v) is 4.39. The number of carbonyl (C=O) groups excluding carboxylic acids is 1. The third-order valence-corrected chi connectivity index (χ3v) is 6.24. The maximum atomic E-state index is 12.6. The van der Waals surface area contributed by atoms with Gasteiger partial charge in [0.25, 0.3) is 0 Å². The molecule has 1 fully saturated rings. The van der Waals surface area contributed by atoms with Crippen LogP contribution >= 0.6 is 34.5 Å². The second-order valence-corrected chi connectivity index (χ2v) is 8.42. The summed E-state index contributed by atoms with van der Waals surface area (Å²) >= 11 is 13.7. The van der Waals surface area contributed by atoms with Gasteiger partial charge in [-0.1, -0.05) is 29.3 Å². The number of hydrogen-bond donors (Lipinski definition) is 1. The molecule has 3 aromatic rings. The van der Waals surface area contributed by atoms with E-state index < -0.39 is 0 Å². The van der Waals surface area contributed by atoms with E-state index in [9.17, 15) is 4.79 Å². The molecule has 1 saturated heterocycles. The zero-order valence-electron chi connectivity index (χ0n) is 14.9. The molecule has 3 heterocycles. The van der Waals surface area contributed by atoms with Gasteiger partial charge in [-0.05, 0) is 54.6 Å². The van der Waals surface area contributed by atoms with Gasteiger partial charge >= 0.3 is 0 Å². The lowest BCUT2D eigenvalue weighted by Gasteiger charge is -2.31. The molecule has 0 bridgehead atoms. The molecule has 0 saturated carbocycles. The van der Waals surface area contributed by atoms with Gasteiger partial charge in [-0.3, -0.25) is 4.79 Å². The summed E-state index contributed by atoms with van der Waals surface area (Å²) in [5, 5.41) is 14.6. The largest absolute Gasteiger partial charge is 0.355 e. The molecule has 0 radical (unpaired) electrons. The number of benzene rings is 1. The Labute approximate surface area is 177 Å². The van der Waals surface area contributed by atoms with Gasteiger partial charge in [0.2, 0.25) is 5.91 Å². The number of amides is 1. The number of hydrogen-bond acceptors (Lipinski definition) is 5. The number of nitrogens with one attached hydrogen (secondary N) is 1. The van der Waals surface area contributed by atoms with Gasteiger partial charge in [0.1, 0.15) is 5.69 Å². The smallest absolute Gasteiger partial charge is 0.227 e. The van der Waals surface area contributed by atoms with Crippen LogP contribution in [0.5, 0.6) is 0 Å². The Bertz CT molecular complexity index is 955. The van der Waals surface area contributed by atoms with Crippen LogP contribution in [0.25, 0.3) is 10.6 Å². The minimum absolute atomic E-state index is 0.0111. The molecule has 0 spiro atoms. The number of aromatic nitrogens is 2. The van der Waals surface area contributed by atoms with Crippen molar-refractivity contribution < 1.29 is 4.79 Å². The molecule has 0 unspecified atom stereocenters.